The van der Waals surface area contributed by atoms with E-state index < -0.39 is 5.97 Å². The molecule has 0 unspecified atom stereocenters. The third kappa shape index (κ3) is 3.58. The zero-order valence-corrected chi connectivity index (χ0v) is 15.4. The number of carboxylic acids is 1. The summed E-state index contributed by atoms with van der Waals surface area (Å²) in [6, 6.07) is 16.6. The number of carboxylic acid groups (broad SMARTS) is 1. The van der Waals surface area contributed by atoms with Crippen LogP contribution in [0.5, 0.6) is 17.2 Å². The van der Waals surface area contributed by atoms with Gasteiger partial charge >= 0.3 is 5.97 Å². The normalized spacial score (nSPS) is 11.3. The second kappa shape index (κ2) is 7.83. The van der Waals surface area contributed by atoms with Crippen molar-refractivity contribution in [3.05, 3.63) is 65.7 Å². The van der Waals surface area contributed by atoms with Crippen molar-refractivity contribution in [2.24, 2.45) is 0 Å². The maximum Gasteiger partial charge on any atom is 0.336 e. The Kier molecular flexibility index (Phi) is 5.31. The molecule has 0 saturated heterocycles. The number of rotatable bonds is 6. The summed E-state index contributed by atoms with van der Waals surface area (Å²) in [7, 11) is 4.62. The van der Waals surface area contributed by atoms with Crippen LogP contribution in [0.2, 0.25) is 0 Å². The minimum Gasteiger partial charge on any atom is -0.496 e. The molecule has 3 aromatic rings. The van der Waals surface area contributed by atoms with E-state index >= 15 is 0 Å². The number of hydrogen-bond acceptors (Lipinski definition) is 4. The molecule has 3 rings (SSSR count). The zero-order chi connectivity index (χ0) is 19.4. The predicted octanol–water partition coefficient (Wildman–Crippen LogP) is 4.49. The van der Waals surface area contributed by atoms with Crippen LogP contribution in [-0.4, -0.2) is 32.4 Å². The van der Waals surface area contributed by atoms with Gasteiger partial charge in [-0.05, 0) is 40.6 Å². The number of carbonyl (C=O) groups is 1. The van der Waals surface area contributed by atoms with Crippen LogP contribution in [0, 0.1) is 0 Å². The van der Waals surface area contributed by atoms with Crippen LogP contribution in [0.4, 0.5) is 0 Å². The zero-order valence-electron chi connectivity index (χ0n) is 15.4. The molecule has 5 nitrogen and oxygen atoms in total. The van der Waals surface area contributed by atoms with E-state index in [4.69, 9.17) is 14.2 Å². The van der Waals surface area contributed by atoms with Crippen LogP contribution in [0.3, 0.4) is 0 Å². The fourth-order valence-corrected chi connectivity index (χ4v) is 3.02. The van der Waals surface area contributed by atoms with Crippen LogP contribution >= 0.6 is 0 Å². The molecule has 3 aromatic carbocycles. The summed E-state index contributed by atoms with van der Waals surface area (Å²) in [6.45, 7) is 0. The molecule has 1 N–H and O–H groups in total. The number of ether oxygens (including phenoxy) is 3. The van der Waals surface area contributed by atoms with Crippen molar-refractivity contribution in [3.63, 3.8) is 0 Å². The largest absolute Gasteiger partial charge is 0.496 e. The summed E-state index contributed by atoms with van der Waals surface area (Å²) in [5, 5.41) is 11.7. The molecule has 0 aromatic heterocycles. The minimum absolute atomic E-state index is 0.130. The lowest BCUT2D eigenvalue weighted by atomic mass is 9.98. The van der Waals surface area contributed by atoms with E-state index in [1.807, 2.05) is 36.4 Å². The molecule has 0 aliphatic rings. The second-order valence-electron chi connectivity index (χ2n) is 5.84. The quantitative estimate of drug-likeness (QED) is 0.516. The molecule has 0 spiro atoms. The maximum atomic E-state index is 12.0. The van der Waals surface area contributed by atoms with Crippen LogP contribution in [0.1, 0.15) is 11.1 Å². The molecule has 0 fully saturated rings. The maximum absolute atomic E-state index is 12.0. The van der Waals surface area contributed by atoms with Crippen LogP contribution < -0.4 is 14.2 Å². The highest BCUT2D eigenvalue weighted by molar-refractivity contribution is 6.22. The van der Waals surface area contributed by atoms with E-state index in [-0.39, 0.29) is 5.57 Å². The average Bonchev–Trinajstić information content (AvgIpc) is 2.70. The van der Waals surface area contributed by atoms with Gasteiger partial charge < -0.3 is 19.3 Å². The third-order valence-electron chi connectivity index (χ3n) is 4.36. The fourth-order valence-electron chi connectivity index (χ4n) is 3.02. The van der Waals surface area contributed by atoms with E-state index in [0.29, 0.717) is 28.4 Å². The fraction of sp³-hybridized carbons (Fsp3) is 0.136. The Morgan fingerprint density at radius 1 is 0.852 bits per heavy atom. The van der Waals surface area contributed by atoms with E-state index in [1.54, 1.807) is 31.4 Å². The highest BCUT2D eigenvalue weighted by Gasteiger charge is 2.16. The highest BCUT2D eigenvalue weighted by atomic mass is 16.5. The van der Waals surface area contributed by atoms with Gasteiger partial charge in [0.15, 0.2) is 11.5 Å². The van der Waals surface area contributed by atoms with Gasteiger partial charge in [-0.3, -0.25) is 0 Å². The van der Waals surface area contributed by atoms with Gasteiger partial charge in [-0.15, -0.1) is 0 Å². The first-order chi connectivity index (χ1) is 13.1. The molecule has 0 amide bonds. The molecule has 0 aliphatic heterocycles. The summed E-state index contributed by atoms with van der Waals surface area (Å²) < 4.78 is 16.0. The molecule has 5 heteroatoms. The van der Waals surface area contributed by atoms with Gasteiger partial charge in [0.2, 0.25) is 0 Å². The monoisotopic (exact) mass is 364 g/mol. The SMILES string of the molecule is COc1ccc(/C(=C\c2c(OC)ccc3ccccc23)C(=O)O)cc1OC. The molecule has 0 aliphatic carbocycles. The van der Waals surface area contributed by atoms with Crippen molar-refractivity contribution < 1.29 is 24.1 Å². The summed E-state index contributed by atoms with van der Waals surface area (Å²) in [6.07, 6.45) is 1.63. The van der Waals surface area contributed by atoms with Crippen molar-refractivity contribution in [1.82, 2.24) is 0 Å². The van der Waals surface area contributed by atoms with Crippen molar-refractivity contribution in [3.8, 4) is 17.2 Å². The van der Waals surface area contributed by atoms with Crippen molar-refractivity contribution in [2.45, 2.75) is 0 Å². The Bertz CT molecular complexity index is 1020. The Morgan fingerprint density at radius 2 is 1.52 bits per heavy atom. The molecule has 0 heterocycles. The molecule has 27 heavy (non-hydrogen) atoms. The Morgan fingerprint density at radius 3 is 2.19 bits per heavy atom. The van der Waals surface area contributed by atoms with E-state index in [9.17, 15) is 9.90 Å². The third-order valence-corrected chi connectivity index (χ3v) is 4.36. The van der Waals surface area contributed by atoms with Crippen molar-refractivity contribution in [2.75, 3.05) is 21.3 Å². The molecule has 0 atom stereocenters. The number of benzene rings is 3. The molecule has 138 valence electrons. The number of methoxy groups -OCH3 is 3. The predicted molar refractivity (Wildman–Crippen MR) is 106 cm³/mol. The highest BCUT2D eigenvalue weighted by Crippen LogP contribution is 2.34. The molecular weight excluding hydrogens is 344 g/mol. The van der Waals surface area contributed by atoms with Crippen molar-refractivity contribution in [1.29, 1.82) is 0 Å². The Hall–Kier alpha value is -3.47. The van der Waals surface area contributed by atoms with Gasteiger partial charge in [-0.25, -0.2) is 4.79 Å². The molecule has 0 radical (unpaired) electrons. The first kappa shape index (κ1) is 18.3. The molecule has 0 saturated carbocycles. The standard InChI is InChI=1S/C22H20O5/c1-25-19-10-8-14-6-4-5-7-16(14)18(19)13-17(22(23)24)15-9-11-20(26-2)21(12-15)27-3/h4-13H,1-3H3,(H,23,24)/b17-13+. The van der Waals surface area contributed by atoms with Crippen molar-refractivity contribution >= 4 is 28.4 Å². The lowest BCUT2D eigenvalue weighted by Gasteiger charge is -2.12. The van der Waals surface area contributed by atoms with Gasteiger partial charge in [0.05, 0.1) is 26.9 Å². The second-order valence-corrected chi connectivity index (χ2v) is 5.84. The van der Waals surface area contributed by atoms with Gasteiger partial charge in [0.1, 0.15) is 5.75 Å². The topological polar surface area (TPSA) is 65.0 Å². The van der Waals surface area contributed by atoms with E-state index in [2.05, 4.69) is 0 Å². The van der Waals surface area contributed by atoms with Crippen LogP contribution in [-0.2, 0) is 4.79 Å². The van der Waals surface area contributed by atoms with Crippen LogP contribution in [0.25, 0.3) is 22.4 Å². The van der Waals surface area contributed by atoms with Gasteiger partial charge in [0, 0.05) is 5.56 Å². The molecular formula is C22H20O5. The summed E-state index contributed by atoms with van der Waals surface area (Å²) >= 11 is 0. The summed E-state index contributed by atoms with van der Waals surface area (Å²) in [5.74, 6) is 0.561. The summed E-state index contributed by atoms with van der Waals surface area (Å²) in [5.41, 5.74) is 1.35. The first-order valence-electron chi connectivity index (χ1n) is 8.32. The number of hydrogen-bond donors (Lipinski definition) is 1. The van der Waals surface area contributed by atoms with Gasteiger partial charge in [-0.1, -0.05) is 36.4 Å². The van der Waals surface area contributed by atoms with Gasteiger partial charge in [-0.2, -0.15) is 0 Å². The number of aliphatic carboxylic acids is 1. The van der Waals surface area contributed by atoms with Gasteiger partial charge in [0.25, 0.3) is 0 Å². The first-order valence-corrected chi connectivity index (χ1v) is 8.32. The van der Waals surface area contributed by atoms with E-state index in [1.165, 1.54) is 14.2 Å². The average molecular weight is 364 g/mol. The molecule has 0 bridgehead atoms. The Labute approximate surface area is 157 Å². The summed E-state index contributed by atoms with van der Waals surface area (Å²) in [4.78, 5) is 12.0. The lowest BCUT2D eigenvalue weighted by molar-refractivity contribution is -0.130. The number of fused-ring (bicyclic) bond motifs is 1. The minimum atomic E-state index is -1.04. The Balaban J connectivity index is 2.24. The lowest BCUT2D eigenvalue weighted by Crippen LogP contribution is -2.01. The van der Waals surface area contributed by atoms with E-state index in [0.717, 1.165) is 10.8 Å². The van der Waals surface area contributed by atoms with Crippen LogP contribution in [0.15, 0.2) is 54.6 Å². The smallest absolute Gasteiger partial charge is 0.336 e.